The predicted molar refractivity (Wildman–Crippen MR) is 292 cm³/mol. The third kappa shape index (κ3) is 27.7. The molecule has 1 fully saturated rings. The maximum Gasteiger partial charge on any atom is 0.370 e. The van der Waals surface area contributed by atoms with Crippen LogP contribution in [0.5, 0.6) is 0 Å². The van der Waals surface area contributed by atoms with Gasteiger partial charge < -0.3 is 128 Å². The fourth-order valence-corrected chi connectivity index (χ4v) is 7.75. The summed E-state index contributed by atoms with van der Waals surface area (Å²) in [5.41, 5.74) is 29.5. The number of terminal acetylenes is 1. The first-order valence-corrected chi connectivity index (χ1v) is 26.3. The van der Waals surface area contributed by atoms with E-state index in [0.29, 0.717) is 45.9 Å². The Kier molecular flexibility index (Phi) is 33.4. The summed E-state index contributed by atoms with van der Waals surface area (Å²) in [6, 6.07) is -4.43. The van der Waals surface area contributed by atoms with Crippen molar-refractivity contribution < 1.29 is 102 Å². The number of rotatable bonds is 43. The van der Waals surface area contributed by atoms with Crippen LogP contribution < -0.4 is 44.6 Å². The highest BCUT2D eigenvalue weighted by atomic mass is 16.6. The molecule has 468 valence electrons. The van der Waals surface area contributed by atoms with Gasteiger partial charge in [-0.2, -0.15) is 0 Å². The number of hydrogen-bond acceptors (Lipinski definition) is 23. The van der Waals surface area contributed by atoms with E-state index in [9.17, 15) is 54.6 Å². The molecule has 2 heterocycles. The third-order valence-electron chi connectivity index (χ3n) is 11.6. The number of nitrogens with one attached hydrogen (secondary N) is 3. The molecule has 83 heavy (non-hydrogen) atoms. The van der Waals surface area contributed by atoms with Gasteiger partial charge in [0.25, 0.3) is 0 Å². The zero-order chi connectivity index (χ0) is 61.1. The summed E-state index contributed by atoms with van der Waals surface area (Å²) in [6.07, 6.45) is -0.599. The highest BCUT2D eigenvalue weighted by molar-refractivity contribution is 5.98. The number of aliphatic hydroxyl groups excluding tert-OH is 4. The van der Waals surface area contributed by atoms with Gasteiger partial charge in [0.05, 0.1) is 105 Å². The van der Waals surface area contributed by atoms with E-state index in [-0.39, 0.29) is 90.9 Å². The Hall–Kier alpha value is -7.01. The van der Waals surface area contributed by atoms with Gasteiger partial charge in [-0.15, -0.1) is 6.42 Å². The molecule has 0 aromatic rings. The SMILES string of the molecule is C#CCOCCOCCOCCOCCN=C(N)N(CCOCCNC(=O)CO[C@@H]([C@@H]1OC(C(=O)O)=C[C@H](N=C(N)N)[C@H]1N=C1CC1)[C@H](O)CO)CCOCCNC(=O)CO[C@@H]([C@@H]1OC(C(=O)O)=C[C@H](N=C(N)N)[C@H]1NC(C)=O)[C@H](O)CO. The van der Waals surface area contributed by atoms with Crippen LogP contribution in [-0.4, -0.2) is 288 Å². The van der Waals surface area contributed by atoms with Gasteiger partial charge in [-0.1, -0.05) is 5.92 Å². The second-order valence-electron chi connectivity index (χ2n) is 18.1. The molecule has 0 unspecified atom stereocenters. The summed E-state index contributed by atoms with van der Waals surface area (Å²) in [6.45, 7) is 1.26. The van der Waals surface area contributed by atoms with Crippen LogP contribution in [0.4, 0.5) is 0 Å². The fraction of sp³-hybridized carbons (Fsp3) is 0.694. The monoisotopic (exact) mass is 1190 g/mol. The van der Waals surface area contributed by atoms with Crippen LogP contribution >= 0.6 is 0 Å². The van der Waals surface area contributed by atoms with E-state index in [1.165, 1.54) is 6.08 Å². The van der Waals surface area contributed by atoms with Crippen LogP contribution in [0.25, 0.3) is 0 Å². The molecule has 0 saturated heterocycles. The number of carboxylic acids is 2. The number of carbonyl (C=O) groups is 5. The zero-order valence-corrected chi connectivity index (χ0v) is 46.2. The second kappa shape index (κ2) is 39.5. The molecular weight excluding hydrogens is 1110 g/mol. The summed E-state index contributed by atoms with van der Waals surface area (Å²) in [7, 11) is 0. The van der Waals surface area contributed by atoms with Crippen LogP contribution in [0.2, 0.25) is 0 Å². The molecule has 19 N–H and O–H groups in total. The molecule has 0 aromatic carbocycles. The Morgan fingerprint density at radius 3 is 1.61 bits per heavy atom. The van der Waals surface area contributed by atoms with Crippen molar-refractivity contribution in [3.05, 3.63) is 23.7 Å². The number of aliphatic carboxylic acids is 2. The summed E-state index contributed by atoms with van der Waals surface area (Å²) in [5, 5.41) is 68.4. The van der Waals surface area contributed by atoms with E-state index in [0.717, 1.165) is 18.7 Å². The van der Waals surface area contributed by atoms with Crippen molar-refractivity contribution in [3.8, 4) is 12.3 Å². The number of amides is 3. The molecule has 0 aromatic heterocycles. The van der Waals surface area contributed by atoms with Crippen LogP contribution in [-0.2, 0) is 71.3 Å². The maximum atomic E-state index is 12.9. The van der Waals surface area contributed by atoms with Crippen LogP contribution in [0.3, 0.4) is 0 Å². The van der Waals surface area contributed by atoms with Crippen molar-refractivity contribution >= 4 is 53.3 Å². The van der Waals surface area contributed by atoms with Crippen molar-refractivity contribution in [1.82, 2.24) is 20.9 Å². The molecule has 0 radical (unpaired) electrons. The minimum atomic E-state index is -1.74. The molecule has 2 aliphatic heterocycles. The van der Waals surface area contributed by atoms with Crippen LogP contribution in [0, 0.1) is 12.3 Å². The average Bonchev–Trinajstić information content (AvgIpc) is 3.97. The molecule has 0 spiro atoms. The molecule has 0 bridgehead atoms. The van der Waals surface area contributed by atoms with E-state index in [4.69, 9.17) is 82.5 Å². The molecule has 1 aliphatic carbocycles. The number of guanidine groups is 3. The highest BCUT2D eigenvalue weighted by Crippen LogP contribution is 2.31. The van der Waals surface area contributed by atoms with Gasteiger partial charge in [0.2, 0.25) is 29.2 Å². The smallest absolute Gasteiger partial charge is 0.370 e. The van der Waals surface area contributed by atoms with Crippen molar-refractivity contribution in [1.29, 1.82) is 0 Å². The van der Waals surface area contributed by atoms with Crippen LogP contribution in [0.15, 0.2) is 43.6 Å². The Morgan fingerprint density at radius 1 is 0.687 bits per heavy atom. The van der Waals surface area contributed by atoms with Crippen molar-refractivity contribution in [2.24, 2.45) is 48.6 Å². The fourth-order valence-electron chi connectivity index (χ4n) is 7.75. The maximum absolute atomic E-state index is 12.9. The van der Waals surface area contributed by atoms with Gasteiger partial charge in [0, 0.05) is 38.8 Å². The molecule has 3 amide bonds. The predicted octanol–water partition coefficient (Wildman–Crippen LogP) is -7.83. The third-order valence-corrected chi connectivity index (χ3v) is 11.6. The lowest BCUT2D eigenvalue weighted by Gasteiger charge is -2.40. The van der Waals surface area contributed by atoms with Crippen molar-refractivity contribution in [2.75, 3.05) is 138 Å². The minimum absolute atomic E-state index is 0.00122. The van der Waals surface area contributed by atoms with E-state index >= 15 is 0 Å². The van der Waals surface area contributed by atoms with Gasteiger partial charge in [-0.05, 0) is 25.0 Å². The second-order valence-corrected chi connectivity index (χ2v) is 18.1. The average molecular weight is 1190 g/mol. The van der Waals surface area contributed by atoms with E-state index in [2.05, 4.69) is 41.8 Å². The number of nitrogens with zero attached hydrogens (tertiary/aromatic N) is 5. The summed E-state index contributed by atoms with van der Waals surface area (Å²) in [5.74, 6) is -4.47. The number of aliphatic hydroxyl groups is 4. The highest BCUT2D eigenvalue weighted by Gasteiger charge is 2.47. The van der Waals surface area contributed by atoms with Gasteiger partial charge in [-0.3, -0.25) is 24.4 Å². The Balaban J connectivity index is 1.54. The molecule has 34 nitrogen and oxygen atoms in total. The first kappa shape index (κ1) is 70.3. The first-order valence-electron chi connectivity index (χ1n) is 26.3. The van der Waals surface area contributed by atoms with E-state index in [1.54, 1.807) is 4.90 Å². The van der Waals surface area contributed by atoms with E-state index < -0.39 is 134 Å². The molecule has 3 rings (SSSR count). The van der Waals surface area contributed by atoms with E-state index in [1.807, 2.05) is 0 Å². The number of nitrogens with two attached hydrogens (primary N) is 5. The lowest BCUT2D eigenvalue weighted by molar-refractivity contribution is -0.158. The molecule has 10 atom stereocenters. The number of carbonyl (C=O) groups excluding carboxylic acids is 3. The van der Waals surface area contributed by atoms with Crippen LogP contribution in [0.1, 0.15) is 19.8 Å². The summed E-state index contributed by atoms with van der Waals surface area (Å²) >= 11 is 0. The van der Waals surface area contributed by atoms with Gasteiger partial charge in [-0.25, -0.2) is 19.6 Å². The van der Waals surface area contributed by atoms with Crippen molar-refractivity contribution in [2.45, 2.75) is 80.6 Å². The molecule has 3 aliphatic rings. The molecular formula is C49H81N13O21. The number of carboxylic acid groups (broad SMARTS) is 2. The Labute approximate surface area is 478 Å². The normalized spacial score (nSPS) is 20.7. The first-order chi connectivity index (χ1) is 39.8. The van der Waals surface area contributed by atoms with Gasteiger partial charge >= 0.3 is 11.9 Å². The molecule has 34 heteroatoms. The largest absolute Gasteiger partial charge is 0.478 e. The number of hydrogen-bond donors (Lipinski definition) is 14. The molecule has 1 saturated carbocycles. The lowest BCUT2D eigenvalue weighted by Crippen LogP contribution is -2.60. The van der Waals surface area contributed by atoms with Gasteiger partial charge in [0.15, 0.2) is 30.1 Å². The Bertz CT molecular complexity index is 2250. The zero-order valence-electron chi connectivity index (χ0n) is 46.2. The lowest BCUT2D eigenvalue weighted by atomic mass is 9.92. The number of aliphatic imine (C=N–C) groups is 4. The minimum Gasteiger partial charge on any atom is -0.478 e. The van der Waals surface area contributed by atoms with Crippen molar-refractivity contribution in [3.63, 3.8) is 0 Å². The standard InChI is InChI=1S/C49H81N13O21/c1-3-11-74-17-19-78-21-22-79-20-18-77-14-8-57-49(54)62(9-15-75-12-6-55-37(68)27-80-41(33(66)25-63)43-39(58-29(2)65)31(60-47(50)51)23-35(82-43)45(70)71)10-16-76-13-7-56-38(69)28-81-42(34(67)26-64)44-40(59-30-4-5-30)32(61-48(52)53)24-36(83-44)46(72)73/h1,23-24,31-34,39-44,63-64,66-67H,4-22,25-28H2,2H3,(H2,54,57)(H,55,68)(H,56,69)(H,58,65)(H,70,71)(H,72,73)(H4,50,51,60)(H4,52,53,61)/t31-,32-,33+,34+,39+,40+,41+,42+,43+,44+/m0/s1. The number of ether oxygens (including phenoxy) is 10. The Morgan fingerprint density at radius 2 is 1.14 bits per heavy atom. The topological polar surface area (TPSA) is 518 Å². The van der Waals surface area contributed by atoms with Gasteiger partial charge in [0.1, 0.15) is 56.3 Å². The summed E-state index contributed by atoms with van der Waals surface area (Å²) in [4.78, 5) is 80.7. The quantitative estimate of drug-likeness (QED) is 0.0117. The summed E-state index contributed by atoms with van der Waals surface area (Å²) < 4.78 is 55.8.